The molecule has 0 spiro atoms. The number of benzene rings is 1. The van der Waals surface area contributed by atoms with Crippen LogP contribution in [0.2, 0.25) is 5.02 Å². The van der Waals surface area contributed by atoms with E-state index in [1.807, 2.05) is 18.2 Å². The van der Waals surface area contributed by atoms with Crippen molar-refractivity contribution in [1.29, 1.82) is 0 Å². The second-order valence-corrected chi connectivity index (χ2v) is 6.81. The van der Waals surface area contributed by atoms with Gasteiger partial charge in [-0.1, -0.05) is 22.9 Å². The van der Waals surface area contributed by atoms with Gasteiger partial charge in [-0.25, -0.2) is 4.98 Å². The Balaban J connectivity index is 1.57. The van der Waals surface area contributed by atoms with Crippen molar-refractivity contribution < 1.29 is 4.74 Å². The Hall–Kier alpha value is -0.840. The fourth-order valence-corrected chi connectivity index (χ4v) is 3.85. The Morgan fingerprint density at radius 3 is 3.05 bits per heavy atom. The average molecular weight is 295 g/mol. The van der Waals surface area contributed by atoms with Crippen LogP contribution in [-0.2, 0) is 4.74 Å². The first-order valence-electron chi connectivity index (χ1n) is 6.74. The maximum absolute atomic E-state index is 6.00. The van der Waals surface area contributed by atoms with Gasteiger partial charge in [-0.2, -0.15) is 0 Å². The number of ether oxygens (including phenoxy) is 1. The maximum atomic E-state index is 6.00. The molecular weight excluding hydrogens is 280 g/mol. The molecule has 2 fully saturated rings. The van der Waals surface area contributed by atoms with E-state index in [1.54, 1.807) is 11.3 Å². The van der Waals surface area contributed by atoms with Crippen molar-refractivity contribution in [3.05, 3.63) is 23.2 Å². The van der Waals surface area contributed by atoms with E-state index in [4.69, 9.17) is 16.3 Å². The van der Waals surface area contributed by atoms with Crippen LogP contribution in [0.3, 0.4) is 0 Å². The van der Waals surface area contributed by atoms with Gasteiger partial charge in [0.1, 0.15) is 0 Å². The van der Waals surface area contributed by atoms with Crippen molar-refractivity contribution in [3.8, 4) is 0 Å². The molecule has 1 aromatic heterocycles. The van der Waals surface area contributed by atoms with Crippen LogP contribution in [0.15, 0.2) is 18.2 Å². The van der Waals surface area contributed by atoms with Crippen LogP contribution in [0.5, 0.6) is 0 Å². The number of rotatable bonds is 3. The normalized spacial score (nSPS) is 27.0. The lowest BCUT2D eigenvalue weighted by Gasteiger charge is -2.18. The van der Waals surface area contributed by atoms with E-state index in [0.717, 1.165) is 34.6 Å². The zero-order chi connectivity index (χ0) is 12.8. The van der Waals surface area contributed by atoms with Crippen LogP contribution in [0.1, 0.15) is 19.3 Å². The summed E-state index contributed by atoms with van der Waals surface area (Å²) in [5.74, 6) is 0.767. The summed E-state index contributed by atoms with van der Waals surface area (Å²) in [5.41, 5.74) is 0.974. The molecule has 19 heavy (non-hydrogen) atoms. The highest BCUT2D eigenvalue weighted by atomic mass is 35.5. The van der Waals surface area contributed by atoms with Crippen LogP contribution in [0, 0.1) is 5.92 Å². The van der Waals surface area contributed by atoms with Gasteiger partial charge in [0.05, 0.1) is 22.4 Å². The summed E-state index contributed by atoms with van der Waals surface area (Å²) in [7, 11) is 0. The van der Waals surface area contributed by atoms with Gasteiger partial charge in [0.15, 0.2) is 5.13 Å². The van der Waals surface area contributed by atoms with E-state index in [1.165, 1.54) is 17.5 Å². The van der Waals surface area contributed by atoms with Crippen LogP contribution in [-0.4, -0.2) is 23.7 Å². The van der Waals surface area contributed by atoms with Crippen molar-refractivity contribution >= 4 is 38.3 Å². The van der Waals surface area contributed by atoms with E-state index in [-0.39, 0.29) is 0 Å². The number of hydrogen-bond acceptors (Lipinski definition) is 4. The van der Waals surface area contributed by atoms with Crippen molar-refractivity contribution in [2.45, 2.75) is 31.4 Å². The highest BCUT2D eigenvalue weighted by Gasteiger charge is 2.40. The third-order valence-corrected chi connectivity index (χ3v) is 5.08. The molecule has 1 N–H and O–H groups in total. The molecule has 1 aliphatic heterocycles. The van der Waals surface area contributed by atoms with Gasteiger partial charge in [0.2, 0.25) is 0 Å². The first kappa shape index (κ1) is 11.9. The van der Waals surface area contributed by atoms with Gasteiger partial charge >= 0.3 is 0 Å². The molecule has 0 bridgehead atoms. The standard InChI is InChI=1S/C14H15ClN2OS/c15-9-3-4-12-11(7-9)17-14(19-12)16-10-5-6-18-13(10)8-1-2-8/h3-4,7-8,10,13H,1-2,5-6H2,(H,16,17). The topological polar surface area (TPSA) is 34.1 Å². The molecule has 2 atom stereocenters. The summed E-state index contributed by atoms with van der Waals surface area (Å²) < 4.78 is 7.02. The summed E-state index contributed by atoms with van der Waals surface area (Å²) in [6, 6.07) is 6.28. The summed E-state index contributed by atoms with van der Waals surface area (Å²) >= 11 is 7.69. The minimum atomic E-state index is 0.385. The summed E-state index contributed by atoms with van der Waals surface area (Å²) in [6.07, 6.45) is 4.10. The Morgan fingerprint density at radius 1 is 1.32 bits per heavy atom. The van der Waals surface area contributed by atoms with E-state index in [2.05, 4.69) is 10.3 Å². The molecule has 1 saturated heterocycles. The number of anilines is 1. The summed E-state index contributed by atoms with van der Waals surface area (Å²) in [6.45, 7) is 0.871. The molecule has 1 saturated carbocycles. The molecule has 4 rings (SSSR count). The number of nitrogens with zero attached hydrogens (tertiary/aromatic N) is 1. The monoisotopic (exact) mass is 294 g/mol. The lowest BCUT2D eigenvalue weighted by molar-refractivity contribution is 0.0898. The maximum Gasteiger partial charge on any atom is 0.184 e. The van der Waals surface area contributed by atoms with Gasteiger partial charge in [-0.3, -0.25) is 0 Å². The van der Waals surface area contributed by atoms with Crippen LogP contribution in [0.4, 0.5) is 5.13 Å². The van der Waals surface area contributed by atoms with Gasteiger partial charge in [-0.15, -0.1) is 0 Å². The Morgan fingerprint density at radius 2 is 2.21 bits per heavy atom. The lowest BCUT2D eigenvalue weighted by Crippen LogP contribution is -2.30. The predicted octanol–water partition coefficient (Wildman–Crippen LogP) is 3.93. The molecule has 100 valence electrons. The highest BCUT2D eigenvalue weighted by molar-refractivity contribution is 7.22. The van der Waals surface area contributed by atoms with Gasteiger partial charge in [-0.05, 0) is 43.4 Å². The lowest BCUT2D eigenvalue weighted by atomic mass is 10.1. The first-order chi connectivity index (χ1) is 9.29. The van der Waals surface area contributed by atoms with E-state index in [9.17, 15) is 0 Å². The highest BCUT2D eigenvalue weighted by Crippen LogP contribution is 2.40. The number of fused-ring (bicyclic) bond motifs is 1. The molecule has 0 radical (unpaired) electrons. The molecule has 2 aliphatic rings. The third kappa shape index (κ3) is 2.33. The Kier molecular flexibility index (Phi) is 2.90. The average Bonchev–Trinajstić information content (AvgIpc) is 3.00. The first-order valence-corrected chi connectivity index (χ1v) is 7.93. The van der Waals surface area contributed by atoms with E-state index < -0.39 is 0 Å². The molecular formula is C14H15ClN2OS. The van der Waals surface area contributed by atoms with Gasteiger partial charge < -0.3 is 10.1 Å². The van der Waals surface area contributed by atoms with Crippen LogP contribution in [0.25, 0.3) is 10.2 Å². The van der Waals surface area contributed by atoms with E-state index in [0.29, 0.717) is 12.1 Å². The van der Waals surface area contributed by atoms with Crippen molar-refractivity contribution in [2.75, 3.05) is 11.9 Å². The van der Waals surface area contributed by atoms with Gasteiger partial charge in [0.25, 0.3) is 0 Å². The molecule has 5 heteroatoms. The molecule has 2 unspecified atom stereocenters. The van der Waals surface area contributed by atoms with Crippen LogP contribution < -0.4 is 5.32 Å². The largest absolute Gasteiger partial charge is 0.376 e. The second kappa shape index (κ2) is 4.62. The molecule has 0 amide bonds. The summed E-state index contributed by atoms with van der Waals surface area (Å²) in [4.78, 5) is 4.62. The fourth-order valence-electron chi connectivity index (χ4n) is 2.78. The number of halogens is 1. The third-order valence-electron chi connectivity index (χ3n) is 3.88. The Bertz CT molecular complexity index is 611. The zero-order valence-corrected chi connectivity index (χ0v) is 12.0. The molecule has 3 nitrogen and oxygen atoms in total. The number of hydrogen-bond donors (Lipinski definition) is 1. The number of aromatic nitrogens is 1. The SMILES string of the molecule is Clc1ccc2sc(NC3CCOC3C3CC3)nc2c1. The van der Waals surface area contributed by atoms with Crippen molar-refractivity contribution in [3.63, 3.8) is 0 Å². The van der Waals surface area contributed by atoms with Crippen molar-refractivity contribution in [2.24, 2.45) is 5.92 Å². The predicted molar refractivity (Wildman–Crippen MR) is 79.1 cm³/mol. The minimum absolute atomic E-state index is 0.385. The zero-order valence-electron chi connectivity index (χ0n) is 10.4. The van der Waals surface area contributed by atoms with Gasteiger partial charge in [0, 0.05) is 11.6 Å². The fraction of sp³-hybridized carbons (Fsp3) is 0.500. The molecule has 1 aliphatic carbocycles. The second-order valence-electron chi connectivity index (χ2n) is 5.34. The summed E-state index contributed by atoms with van der Waals surface area (Å²) in [5, 5.41) is 5.29. The molecule has 2 aromatic rings. The minimum Gasteiger partial charge on any atom is -0.376 e. The van der Waals surface area contributed by atoms with Crippen LogP contribution >= 0.6 is 22.9 Å². The molecule has 1 aromatic carbocycles. The quantitative estimate of drug-likeness (QED) is 0.931. The number of nitrogens with one attached hydrogen (secondary N) is 1. The smallest absolute Gasteiger partial charge is 0.184 e. The number of thiazole rings is 1. The van der Waals surface area contributed by atoms with E-state index >= 15 is 0 Å². The Labute approximate surface area is 120 Å². The molecule has 2 heterocycles. The van der Waals surface area contributed by atoms with Crippen molar-refractivity contribution in [1.82, 2.24) is 4.98 Å².